The Labute approximate surface area is 234 Å². The van der Waals surface area contributed by atoms with Crippen LogP contribution < -0.4 is 10.6 Å². The number of nitrogens with zero attached hydrogens (tertiary/aromatic N) is 2. The van der Waals surface area contributed by atoms with Gasteiger partial charge >= 0.3 is 18.3 Å². The number of amides is 3. The number of rotatable bonds is 8. The largest absolute Gasteiger partial charge is 0.480 e. The van der Waals surface area contributed by atoms with Crippen molar-refractivity contribution in [3.63, 3.8) is 0 Å². The quantitative estimate of drug-likeness (QED) is 0.230. The number of thiocarbonyl (C=S) groups is 1. The number of aromatic nitrogens is 1. The first-order valence-corrected chi connectivity index (χ1v) is 12.8. The van der Waals surface area contributed by atoms with Crippen LogP contribution in [0.15, 0.2) is 29.3 Å². The van der Waals surface area contributed by atoms with Gasteiger partial charge < -0.3 is 15.7 Å². The summed E-state index contributed by atoms with van der Waals surface area (Å²) in [7, 11) is 0. The topological polar surface area (TPSA) is 129 Å². The number of nitrogens with one attached hydrogen (secondary N) is 2. The fourth-order valence-electron chi connectivity index (χ4n) is 3.14. The van der Waals surface area contributed by atoms with Crippen LogP contribution in [0, 0.1) is 0 Å². The molecule has 1 atom stereocenters. The summed E-state index contributed by atoms with van der Waals surface area (Å²) in [4.78, 5) is 52.5. The molecule has 2 heterocycles. The second-order valence-corrected chi connectivity index (χ2v) is 10.8. The summed E-state index contributed by atoms with van der Waals surface area (Å²) >= 11 is 6.65. The van der Waals surface area contributed by atoms with Crippen LogP contribution in [0.4, 0.5) is 26.3 Å². The first-order valence-electron chi connectivity index (χ1n) is 10.8. The Bertz CT molecular complexity index is 1370. The minimum atomic E-state index is -5.03. The van der Waals surface area contributed by atoms with Crippen LogP contribution in [0.5, 0.6) is 0 Å². The van der Waals surface area contributed by atoms with Crippen LogP contribution in [-0.2, 0) is 31.5 Å². The third-order valence-corrected chi connectivity index (χ3v) is 7.36. The average Bonchev–Trinajstić information content (AvgIpc) is 3.41. The number of thioether (sulfide) groups is 1. The molecule has 40 heavy (non-hydrogen) atoms. The van der Waals surface area contributed by atoms with Gasteiger partial charge in [0.2, 0.25) is 11.8 Å². The monoisotopic (exact) mass is 626 g/mol. The predicted octanol–water partition coefficient (Wildman–Crippen LogP) is 3.75. The maximum absolute atomic E-state index is 13.2. The summed E-state index contributed by atoms with van der Waals surface area (Å²) in [6.45, 7) is 0.0643. The zero-order valence-corrected chi connectivity index (χ0v) is 22.3. The van der Waals surface area contributed by atoms with Gasteiger partial charge in [-0.2, -0.15) is 26.3 Å². The number of aliphatic carboxylic acids is 1. The Morgan fingerprint density at radius 2 is 1.73 bits per heavy atom. The van der Waals surface area contributed by atoms with Gasteiger partial charge in [0, 0.05) is 16.6 Å². The number of hydrogen-bond acceptors (Lipinski definition) is 8. The predicted molar refractivity (Wildman–Crippen MR) is 136 cm³/mol. The second kappa shape index (κ2) is 11.9. The molecule has 3 amide bonds. The Morgan fingerprint density at radius 1 is 1.12 bits per heavy atom. The van der Waals surface area contributed by atoms with Crippen molar-refractivity contribution >= 4 is 69.4 Å². The molecule has 1 aromatic heterocycles. The van der Waals surface area contributed by atoms with E-state index >= 15 is 0 Å². The summed E-state index contributed by atoms with van der Waals surface area (Å²) in [6.07, 6.45) is -7.63. The molecule has 0 radical (unpaired) electrons. The molecular formula is C22H16F6N4O5S3. The molecule has 1 fully saturated rings. The lowest BCUT2D eigenvalue weighted by Crippen LogP contribution is -2.49. The van der Waals surface area contributed by atoms with Gasteiger partial charge in [0.25, 0.3) is 5.91 Å². The standard InChI is InChI=1S/C22H16F6N4O5S3/c1-9(17(36)29-7-16(34)35)31-15(33)8-32-19(37)14(40-20(32)38)5-13-6-30-18(39-13)10-2-11(21(23,24)25)4-12(3-10)22(26,27)28/h2-6,9H,7-8H2,1H3,(H,29,36)(H,31,33)(H,34,35)/b14-5-/t9-/m1/s1. The number of hydrogen-bond donors (Lipinski definition) is 3. The number of carboxylic acid groups (broad SMARTS) is 1. The molecule has 2 aromatic rings. The van der Waals surface area contributed by atoms with Crippen molar-refractivity contribution in [3.05, 3.63) is 45.3 Å². The number of carbonyl (C=O) groups is 4. The summed E-state index contributed by atoms with van der Waals surface area (Å²) in [5, 5.41) is 12.8. The highest BCUT2D eigenvalue weighted by molar-refractivity contribution is 8.26. The molecule has 9 nitrogen and oxygen atoms in total. The van der Waals surface area contributed by atoms with Crippen molar-refractivity contribution in [2.75, 3.05) is 13.1 Å². The van der Waals surface area contributed by atoms with Crippen LogP contribution in [0.2, 0.25) is 0 Å². The Morgan fingerprint density at radius 3 is 2.27 bits per heavy atom. The van der Waals surface area contributed by atoms with E-state index in [2.05, 4.69) is 15.6 Å². The number of carboxylic acids is 1. The van der Waals surface area contributed by atoms with Crippen LogP contribution in [0.1, 0.15) is 22.9 Å². The van der Waals surface area contributed by atoms with Gasteiger partial charge in [-0.15, -0.1) is 11.3 Å². The Hall–Kier alpha value is -3.51. The maximum Gasteiger partial charge on any atom is 0.416 e. The normalized spacial score (nSPS) is 15.9. The molecule has 0 aliphatic carbocycles. The molecule has 18 heteroatoms. The SMILES string of the molecule is C[C@@H](NC(=O)CN1C(=O)/C(=C/c2cnc(-c3cc(C(F)(F)F)cc(C(F)(F)F)c3)s2)SC1=S)C(=O)NCC(=O)O. The van der Waals surface area contributed by atoms with Gasteiger partial charge in [-0.3, -0.25) is 24.1 Å². The minimum Gasteiger partial charge on any atom is -0.480 e. The first kappa shape index (κ1) is 31.0. The molecule has 214 valence electrons. The highest BCUT2D eigenvalue weighted by Crippen LogP contribution is 2.40. The van der Waals surface area contributed by atoms with Gasteiger partial charge in [0.1, 0.15) is 28.5 Å². The van der Waals surface area contributed by atoms with Crippen molar-refractivity contribution < 1.29 is 50.6 Å². The van der Waals surface area contributed by atoms with Crippen molar-refractivity contribution in [2.45, 2.75) is 25.3 Å². The Balaban J connectivity index is 1.75. The molecular weight excluding hydrogens is 610 g/mol. The lowest BCUT2D eigenvalue weighted by molar-refractivity contribution is -0.143. The first-order chi connectivity index (χ1) is 18.5. The van der Waals surface area contributed by atoms with E-state index in [-0.39, 0.29) is 25.2 Å². The number of benzene rings is 1. The Kier molecular flexibility index (Phi) is 9.25. The molecule has 0 bridgehead atoms. The van der Waals surface area contributed by atoms with Gasteiger partial charge in [0.15, 0.2) is 0 Å². The molecule has 1 aliphatic rings. The molecule has 1 aromatic carbocycles. The van der Waals surface area contributed by atoms with Gasteiger partial charge in [-0.05, 0) is 31.2 Å². The van der Waals surface area contributed by atoms with Crippen molar-refractivity contribution in [3.8, 4) is 10.6 Å². The zero-order valence-electron chi connectivity index (χ0n) is 19.8. The molecule has 3 N–H and O–H groups in total. The smallest absolute Gasteiger partial charge is 0.416 e. The van der Waals surface area contributed by atoms with E-state index in [1.54, 1.807) is 0 Å². The van der Waals surface area contributed by atoms with E-state index in [4.69, 9.17) is 17.3 Å². The average molecular weight is 627 g/mol. The van der Waals surface area contributed by atoms with E-state index in [0.29, 0.717) is 12.1 Å². The van der Waals surface area contributed by atoms with Crippen molar-refractivity contribution in [1.29, 1.82) is 0 Å². The van der Waals surface area contributed by atoms with Crippen LogP contribution >= 0.6 is 35.3 Å². The third kappa shape index (κ3) is 7.79. The van der Waals surface area contributed by atoms with Crippen LogP contribution in [-0.4, -0.2) is 62.1 Å². The minimum absolute atomic E-state index is 0.00271. The second-order valence-electron chi connectivity index (χ2n) is 8.03. The van der Waals surface area contributed by atoms with Crippen LogP contribution in [0.3, 0.4) is 0 Å². The molecule has 0 unspecified atom stereocenters. The molecule has 3 rings (SSSR count). The van der Waals surface area contributed by atoms with Gasteiger partial charge in [-0.1, -0.05) is 24.0 Å². The van der Waals surface area contributed by atoms with E-state index in [0.717, 1.165) is 34.2 Å². The van der Waals surface area contributed by atoms with E-state index < -0.39 is 71.9 Å². The van der Waals surface area contributed by atoms with Crippen LogP contribution in [0.25, 0.3) is 16.6 Å². The van der Waals surface area contributed by atoms with Crippen molar-refractivity contribution in [1.82, 2.24) is 20.5 Å². The molecule has 0 spiro atoms. The van der Waals surface area contributed by atoms with E-state index in [1.165, 1.54) is 13.0 Å². The van der Waals surface area contributed by atoms with Crippen molar-refractivity contribution in [2.24, 2.45) is 0 Å². The van der Waals surface area contributed by atoms with E-state index in [9.17, 15) is 45.5 Å². The summed E-state index contributed by atoms with van der Waals surface area (Å²) in [6, 6.07) is -0.0365. The zero-order chi connectivity index (χ0) is 30.0. The fraction of sp³-hybridized carbons (Fsp3) is 0.273. The fourth-order valence-corrected chi connectivity index (χ4v) is 5.31. The number of thiazole rings is 1. The summed E-state index contributed by atoms with van der Waals surface area (Å²) in [5.74, 6) is -3.54. The summed E-state index contributed by atoms with van der Waals surface area (Å²) in [5.41, 5.74) is -3.42. The lowest BCUT2D eigenvalue weighted by atomic mass is 10.1. The highest BCUT2D eigenvalue weighted by Gasteiger charge is 2.37. The maximum atomic E-state index is 13.2. The molecule has 1 aliphatic heterocycles. The lowest BCUT2D eigenvalue weighted by Gasteiger charge is -2.17. The van der Waals surface area contributed by atoms with Gasteiger partial charge in [-0.25, -0.2) is 4.98 Å². The molecule has 1 saturated heterocycles. The number of halogens is 6. The molecule has 0 saturated carbocycles. The van der Waals surface area contributed by atoms with Gasteiger partial charge in [0.05, 0.1) is 16.0 Å². The summed E-state index contributed by atoms with van der Waals surface area (Å²) < 4.78 is 79.1. The number of carbonyl (C=O) groups excluding carboxylic acids is 3. The highest BCUT2D eigenvalue weighted by atomic mass is 32.2. The van der Waals surface area contributed by atoms with E-state index in [1.807, 2.05) is 0 Å². The number of alkyl halides is 6. The third-order valence-electron chi connectivity index (χ3n) is 4.99.